The Hall–Kier alpha value is -0.940. The third-order valence-electron chi connectivity index (χ3n) is 3.98. The van der Waals surface area contributed by atoms with Gasteiger partial charge in [0.1, 0.15) is 0 Å². The van der Waals surface area contributed by atoms with Crippen LogP contribution in [0.25, 0.3) is 0 Å². The molecule has 1 aliphatic rings. The molecule has 1 fully saturated rings. The average molecular weight is 284 g/mol. The number of ketones is 1. The summed E-state index contributed by atoms with van der Waals surface area (Å²) in [5.74, 6) is -0.0450. The smallest absolute Gasteiger partial charge is 0.234 e. The van der Waals surface area contributed by atoms with Crippen molar-refractivity contribution in [3.8, 4) is 0 Å². The monoisotopic (exact) mass is 284 g/mol. The fraction of sp³-hybridized carbons (Fsp3) is 0.867. The Balaban J connectivity index is 2.56. The Kier molecular flexibility index (Phi) is 7.16. The standard InChI is InChI=1S/C15H28N2O3/c1-11(2)15(12(3)19)16-14(20)9-17-8-6-4-5-7-13(17)10-18/h11,13,15,18H,4-10H2,1-3H3,(H,16,20). The number of carbonyl (C=O) groups excluding carboxylic acids is 2. The van der Waals surface area contributed by atoms with Gasteiger partial charge in [0, 0.05) is 6.04 Å². The maximum atomic E-state index is 12.1. The fourth-order valence-corrected chi connectivity index (χ4v) is 2.79. The Labute approximate surface area is 121 Å². The van der Waals surface area contributed by atoms with E-state index in [1.165, 1.54) is 6.92 Å². The van der Waals surface area contributed by atoms with Crippen LogP contribution in [0.2, 0.25) is 0 Å². The molecule has 5 nitrogen and oxygen atoms in total. The van der Waals surface area contributed by atoms with Crippen LogP contribution in [-0.4, -0.2) is 53.5 Å². The van der Waals surface area contributed by atoms with Gasteiger partial charge in [-0.3, -0.25) is 14.5 Å². The second-order valence-corrected chi connectivity index (χ2v) is 6.06. The lowest BCUT2D eigenvalue weighted by Gasteiger charge is -2.29. The van der Waals surface area contributed by atoms with Gasteiger partial charge in [0.25, 0.3) is 0 Å². The lowest BCUT2D eigenvalue weighted by Crippen LogP contribution is -2.49. The molecule has 1 aliphatic heterocycles. The van der Waals surface area contributed by atoms with Crippen LogP contribution in [0.3, 0.4) is 0 Å². The molecular formula is C15H28N2O3. The molecule has 0 aliphatic carbocycles. The summed E-state index contributed by atoms with van der Waals surface area (Å²) >= 11 is 0. The summed E-state index contributed by atoms with van der Waals surface area (Å²) in [6, 6.07) is -0.347. The number of likely N-dealkylation sites (tertiary alicyclic amines) is 1. The predicted octanol–water partition coefficient (Wildman–Crippen LogP) is 0.953. The largest absolute Gasteiger partial charge is 0.395 e. The van der Waals surface area contributed by atoms with E-state index in [2.05, 4.69) is 5.32 Å². The predicted molar refractivity (Wildman–Crippen MR) is 78.4 cm³/mol. The van der Waals surface area contributed by atoms with Crippen LogP contribution in [0.4, 0.5) is 0 Å². The number of aliphatic hydroxyl groups is 1. The maximum Gasteiger partial charge on any atom is 0.234 e. The van der Waals surface area contributed by atoms with Gasteiger partial charge in [-0.2, -0.15) is 0 Å². The van der Waals surface area contributed by atoms with E-state index in [9.17, 15) is 14.7 Å². The Bertz CT molecular complexity index is 331. The SMILES string of the molecule is CC(=O)C(NC(=O)CN1CCCCCC1CO)C(C)C. The molecule has 2 N–H and O–H groups in total. The molecule has 0 aromatic carbocycles. The highest BCUT2D eigenvalue weighted by Gasteiger charge is 2.25. The van der Waals surface area contributed by atoms with E-state index in [0.29, 0.717) is 0 Å². The van der Waals surface area contributed by atoms with Crippen LogP contribution in [0, 0.1) is 5.92 Å². The number of hydrogen-bond acceptors (Lipinski definition) is 4. The van der Waals surface area contributed by atoms with Crippen molar-refractivity contribution in [2.75, 3.05) is 19.7 Å². The van der Waals surface area contributed by atoms with Gasteiger partial charge in [0.15, 0.2) is 5.78 Å². The first-order valence-corrected chi connectivity index (χ1v) is 7.60. The lowest BCUT2D eigenvalue weighted by atomic mass is 10.0. The van der Waals surface area contributed by atoms with Crippen LogP contribution in [0.15, 0.2) is 0 Å². The van der Waals surface area contributed by atoms with Gasteiger partial charge >= 0.3 is 0 Å². The summed E-state index contributed by atoms with van der Waals surface area (Å²) in [6.07, 6.45) is 4.25. The Morgan fingerprint density at radius 1 is 1.30 bits per heavy atom. The molecule has 0 aromatic heterocycles. The molecule has 0 radical (unpaired) electrons. The summed E-state index contributed by atoms with van der Waals surface area (Å²) in [5.41, 5.74) is 0. The van der Waals surface area contributed by atoms with E-state index in [4.69, 9.17) is 0 Å². The minimum atomic E-state index is -0.415. The molecule has 1 amide bonds. The van der Waals surface area contributed by atoms with E-state index in [1.807, 2.05) is 18.7 Å². The van der Waals surface area contributed by atoms with E-state index in [1.54, 1.807) is 0 Å². The third-order valence-corrected chi connectivity index (χ3v) is 3.98. The molecule has 0 saturated carbocycles. The molecule has 2 unspecified atom stereocenters. The molecule has 1 rings (SSSR count). The van der Waals surface area contributed by atoms with Crippen molar-refractivity contribution in [3.05, 3.63) is 0 Å². The summed E-state index contributed by atoms with van der Waals surface area (Å²) in [5, 5.41) is 12.2. The quantitative estimate of drug-likeness (QED) is 0.762. The summed E-state index contributed by atoms with van der Waals surface area (Å²) in [6.45, 7) is 6.55. The molecule has 1 saturated heterocycles. The molecule has 0 bridgehead atoms. The van der Waals surface area contributed by atoms with Gasteiger partial charge in [-0.15, -0.1) is 0 Å². The molecule has 2 atom stereocenters. The van der Waals surface area contributed by atoms with Crippen LogP contribution in [0.5, 0.6) is 0 Å². The van der Waals surface area contributed by atoms with Crippen LogP contribution >= 0.6 is 0 Å². The van der Waals surface area contributed by atoms with Crippen molar-refractivity contribution in [2.24, 2.45) is 5.92 Å². The van der Waals surface area contributed by atoms with Gasteiger partial charge in [-0.25, -0.2) is 0 Å². The number of Topliss-reactive ketones (excluding diaryl/α,β-unsaturated/α-hetero) is 1. The number of nitrogens with zero attached hydrogens (tertiary/aromatic N) is 1. The first kappa shape index (κ1) is 17.1. The number of nitrogens with one attached hydrogen (secondary N) is 1. The summed E-state index contributed by atoms with van der Waals surface area (Å²) in [7, 11) is 0. The van der Waals surface area contributed by atoms with Gasteiger partial charge in [-0.05, 0) is 32.2 Å². The Morgan fingerprint density at radius 2 is 2.00 bits per heavy atom. The van der Waals surface area contributed by atoms with Gasteiger partial charge < -0.3 is 10.4 Å². The van der Waals surface area contributed by atoms with Crippen LogP contribution in [-0.2, 0) is 9.59 Å². The Morgan fingerprint density at radius 3 is 2.55 bits per heavy atom. The first-order chi connectivity index (χ1) is 9.45. The van der Waals surface area contributed by atoms with Crippen LogP contribution < -0.4 is 5.32 Å². The van der Waals surface area contributed by atoms with Crippen molar-refractivity contribution in [3.63, 3.8) is 0 Å². The second kappa shape index (κ2) is 8.37. The molecule has 116 valence electrons. The topological polar surface area (TPSA) is 69.6 Å². The van der Waals surface area contributed by atoms with Crippen molar-refractivity contribution in [2.45, 2.75) is 58.5 Å². The normalized spacial score (nSPS) is 22.4. The molecule has 5 heteroatoms. The number of hydrogen-bond donors (Lipinski definition) is 2. The maximum absolute atomic E-state index is 12.1. The van der Waals surface area contributed by atoms with Gasteiger partial charge in [0.05, 0.1) is 19.2 Å². The zero-order valence-electron chi connectivity index (χ0n) is 12.9. The number of aliphatic hydroxyl groups excluding tert-OH is 1. The molecule has 20 heavy (non-hydrogen) atoms. The van der Waals surface area contributed by atoms with Crippen molar-refractivity contribution in [1.29, 1.82) is 0 Å². The average Bonchev–Trinajstić information content (AvgIpc) is 2.60. The summed E-state index contributed by atoms with van der Waals surface area (Å²) < 4.78 is 0. The number of carbonyl (C=O) groups is 2. The third kappa shape index (κ3) is 5.21. The van der Waals surface area contributed by atoms with E-state index in [-0.39, 0.29) is 36.8 Å². The molecular weight excluding hydrogens is 256 g/mol. The fourth-order valence-electron chi connectivity index (χ4n) is 2.79. The first-order valence-electron chi connectivity index (χ1n) is 7.60. The highest BCUT2D eigenvalue weighted by Crippen LogP contribution is 2.16. The summed E-state index contributed by atoms with van der Waals surface area (Å²) in [4.78, 5) is 25.7. The van der Waals surface area contributed by atoms with Crippen molar-refractivity contribution >= 4 is 11.7 Å². The molecule has 0 spiro atoms. The van der Waals surface area contributed by atoms with E-state index >= 15 is 0 Å². The van der Waals surface area contributed by atoms with Crippen LogP contribution in [0.1, 0.15) is 46.5 Å². The highest BCUT2D eigenvalue weighted by atomic mass is 16.3. The minimum absolute atomic E-state index is 0.0112. The van der Waals surface area contributed by atoms with E-state index < -0.39 is 6.04 Å². The van der Waals surface area contributed by atoms with Gasteiger partial charge in [-0.1, -0.05) is 26.7 Å². The molecule has 0 aromatic rings. The zero-order chi connectivity index (χ0) is 15.1. The molecule has 1 heterocycles. The van der Waals surface area contributed by atoms with Gasteiger partial charge in [0.2, 0.25) is 5.91 Å². The number of rotatable bonds is 6. The zero-order valence-corrected chi connectivity index (χ0v) is 12.9. The number of amides is 1. The van der Waals surface area contributed by atoms with E-state index in [0.717, 1.165) is 32.2 Å². The highest BCUT2D eigenvalue weighted by molar-refractivity contribution is 5.88. The van der Waals surface area contributed by atoms with Crippen molar-refractivity contribution < 1.29 is 14.7 Å². The second-order valence-electron chi connectivity index (χ2n) is 6.06. The minimum Gasteiger partial charge on any atom is -0.395 e. The van der Waals surface area contributed by atoms with Crippen molar-refractivity contribution in [1.82, 2.24) is 10.2 Å². The lowest BCUT2D eigenvalue weighted by molar-refractivity contribution is -0.129.